The molecule has 1 aromatic heterocycles. The Bertz CT molecular complexity index is 785. The molecule has 0 aliphatic carbocycles. The van der Waals surface area contributed by atoms with E-state index in [0.29, 0.717) is 5.69 Å². The predicted octanol–water partition coefficient (Wildman–Crippen LogP) is 4.21. The largest absolute Gasteiger partial charge is 0.494 e. The summed E-state index contributed by atoms with van der Waals surface area (Å²) in [7, 11) is 1.44. The molecule has 0 radical (unpaired) electrons. The lowest BCUT2D eigenvalue weighted by molar-refractivity contribution is 0.387. The number of ether oxygens (including phenoxy) is 1. The van der Waals surface area contributed by atoms with Gasteiger partial charge in [0, 0.05) is 22.2 Å². The van der Waals surface area contributed by atoms with Crippen LogP contribution in [0.2, 0.25) is 0 Å². The third-order valence-corrected chi connectivity index (χ3v) is 4.03. The number of hydrogen-bond donors (Lipinski definition) is 1. The molecule has 2 aromatic carbocycles. The van der Waals surface area contributed by atoms with E-state index < -0.39 is 0 Å². The number of nitrogen functional groups attached to an aromatic ring is 1. The quantitative estimate of drug-likeness (QED) is 0.737. The van der Waals surface area contributed by atoms with Crippen molar-refractivity contribution in [1.29, 1.82) is 0 Å². The summed E-state index contributed by atoms with van der Waals surface area (Å²) in [4.78, 5) is 4.58. The Morgan fingerprint density at radius 2 is 2.00 bits per heavy atom. The van der Waals surface area contributed by atoms with Gasteiger partial charge in [-0.25, -0.2) is 9.37 Å². The molecular weight excluding hydrogens is 287 g/mol. The summed E-state index contributed by atoms with van der Waals surface area (Å²) in [5.41, 5.74) is 9.18. The zero-order chi connectivity index (χ0) is 14.8. The van der Waals surface area contributed by atoms with Gasteiger partial charge in [0.15, 0.2) is 11.6 Å². The number of anilines is 1. The van der Waals surface area contributed by atoms with Crippen LogP contribution in [0.15, 0.2) is 47.8 Å². The number of para-hydroxylation sites is 1. The molecule has 1 heterocycles. The standard InChI is InChI=1S/C16H13FN2OS/c1-20-15-8-10(6-7-12(15)17)16-19-14(9-21-16)11-4-2-3-5-13(11)18/h2-9H,18H2,1H3. The van der Waals surface area contributed by atoms with Gasteiger partial charge in [0.2, 0.25) is 0 Å². The molecule has 0 fully saturated rings. The van der Waals surface area contributed by atoms with Crippen molar-refractivity contribution in [3.63, 3.8) is 0 Å². The maximum atomic E-state index is 13.5. The van der Waals surface area contributed by atoms with Gasteiger partial charge in [-0.15, -0.1) is 11.3 Å². The van der Waals surface area contributed by atoms with Gasteiger partial charge in [0.25, 0.3) is 0 Å². The molecule has 0 bridgehead atoms. The lowest BCUT2D eigenvalue weighted by Gasteiger charge is -2.03. The highest BCUT2D eigenvalue weighted by Gasteiger charge is 2.11. The van der Waals surface area contributed by atoms with Crippen molar-refractivity contribution < 1.29 is 9.13 Å². The van der Waals surface area contributed by atoms with Crippen LogP contribution >= 0.6 is 11.3 Å². The van der Waals surface area contributed by atoms with Gasteiger partial charge in [0.1, 0.15) is 5.01 Å². The van der Waals surface area contributed by atoms with Crippen LogP contribution in [0.1, 0.15) is 0 Å². The van der Waals surface area contributed by atoms with E-state index in [2.05, 4.69) is 4.98 Å². The Morgan fingerprint density at radius 3 is 2.76 bits per heavy atom. The minimum Gasteiger partial charge on any atom is -0.494 e. The highest BCUT2D eigenvalue weighted by Crippen LogP contribution is 2.33. The first-order valence-corrected chi connectivity index (χ1v) is 7.21. The minimum atomic E-state index is -0.384. The first-order chi connectivity index (χ1) is 10.2. The maximum Gasteiger partial charge on any atom is 0.165 e. The summed E-state index contributed by atoms with van der Waals surface area (Å²) in [5, 5.41) is 2.74. The molecule has 0 unspecified atom stereocenters. The third-order valence-electron chi connectivity index (χ3n) is 3.14. The Kier molecular flexibility index (Phi) is 3.58. The van der Waals surface area contributed by atoms with E-state index in [4.69, 9.17) is 10.5 Å². The summed E-state index contributed by atoms with van der Waals surface area (Å²) >= 11 is 1.49. The number of benzene rings is 2. The average Bonchev–Trinajstić information content (AvgIpc) is 2.98. The summed E-state index contributed by atoms with van der Waals surface area (Å²) < 4.78 is 18.4. The number of hydrogen-bond acceptors (Lipinski definition) is 4. The average molecular weight is 300 g/mol. The maximum absolute atomic E-state index is 13.5. The number of rotatable bonds is 3. The Hall–Kier alpha value is -2.40. The number of methoxy groups -OCH3 is 1. The van der Waals surface area contributed by atoms with E-state index in [1.165, 1.54) is 24.5 Å². The van der Waals surface area contributed by atoms with Crippen molar-refractivity contribution in [1.82, 2.24) is 4.98 Å². The van der Waals surface area contributed by atoms with E-state index in [0.717, 1.165) is 21.8 Å². The number of halogens is 1. The highest BCUT2D eigenvalue weighted by atomic mass is 32.1. The van der Waals surface area contributed by atoms with Crippen molar-refractivity contribution >= 4 is 17.0 Å². The molecule has 2 N–H and O–H groups in total. The van der Waals surface area contributed by atoms with E-state index in [9.17, 15) is 4.39 Å². The zero-order valence-corrected chi connectivity index (χ0v) is 12.2. The van der Waals surface area contributed by atoms with Crippen LogP contribution in [0, 0.1) is 5.82 Å². The summed E-state index contributed by atoms with van der Waals surface area (Å²) in [6.45, 7) is 0. The predicted molar refractivity (Wildman–Crippen MR) is 83.9 cm³/mol. The smallest absolute Gasteiger partial charge is 0.165 e. The first kappa shape index (κ1) is 13.6. The van der Waals surface area contributed by atoms with Crippen molar-refractivity contribution in [3.05, 3.63) is 53.7 Å². The Labute approximate surface area is 125 Å². The molecule has 0 atom stereocenters. The molecule has 0 saturated carbocycles. The lowest BCUT2D eigenvalue weighted by Crippen LogP contribution is -1.90. The Morgan fingerprint density at radius 1 is 1.19 bits per heavy atom. The van der Waals surface area contributed by atoms with Crippen LogP contribution in [0.3, 0.4) is 0 Å². The molecule has 3 rings (SSSR count). The van der Waals surface area contributed by atoms with Gasteiger partial charge in [-0.2, -0.15) is 0 Å². The number of aromatic nitrogens is 1. The van der Waals surface area contributed by atoms with Gasteiger partial charge in [-0.1, -0.05) is 18.2 Å². The molecule has 5 heteroatoms. The SMILES string of the molecule is COc1cc(-c2nc(-c3ccccc3N)cs2)ccc1F. The van der Waals surface area contributed by atoms with Crippen molar-refractivity contribution in [2.75, 3.05) is 12.8 Å². The highest BCUT2D eigenvalue weighted by molar-refractivity contribution is 7.13. The van der Waals surface area contributed by atoms with Crippen LogP contribution in [0.25, 0.3) is 21.8 Å². The first-order valence-electron chi connectivity index (χ1n) is 6.33. The summed E-state index contributed by atoms with van der Waals surface area (Å²) in [6.07, 6.45) is 0. The van der Waals surface area contributed by atoms with Crippen molar-refractivity contribution in [3.8, 4) is 27.6 Å². The second-order valence-corrected chi connectivity index (χ2v) is 5.33. The number of nitrogens with zero attached hydrogens (tertiary/aromatic N) is 1. The van der Waals surface area contributed by atoms with E-state index in [-0.39, 0.29) is 11.6 Å². The molecule has 0 saturated heterocycles. The van der Waals surface area contributed by atoms with Gasteiger partial charge in [0.05, 0.1) is 12.8 Å². The summed E-state index contributed by atoms with van der Waals surface area (Å²) in [5.74, 6) is -0.172. The van der Waals surface area contributed by atoms with E-state index in [1.807, 2.05) is 29.6 Å². The molecule has 106 valence electrons. The van der Waals surface area contributed by atoms with Crippen LogP contribution in [-0.4, -0.2) is 12.1 Å². The second kappa shape index (κ2) is 5.54. The van der Waals surface area contributed by atoms with E-state index >= 15 is 0 Å². The fourth-order valence-electron chi connectivity index (χ4n) is 2.05. The van der Waals surface area contributed by atoms with Gasteiger partial charge in [-0.05, 0) is 24.3 Å². The fourth-order valence-corrected chi connectivity index (χ4v) is 2.87. The van der Waals surface area contributed by atoms with Gasteiger partial charge < -0.3 is 10.5 Å². The summed E-state index contributed by atoms with van der Waals surface area (Å²) in [6, 6.07) is 12.3. The van der Waals surface area contributed by atoms with Crippen LogP contribution < -0.4 is 10.5 Å². The number of nitrogens with two attached hydrogens (primary N) is 1. The molecular formula is C16H13FN2OS. The molecule has 3 nitrogen and oxygen atoms in total. The molecule has 0 amide bonds. The molecule has 3 aromatic rings. The Balaban J connectivity index is 2.01. The fraction of sp³-hybridized carbons (Fsp3) is 0.0625. The molecule has 0 aliphatic heterocycles. The normalized spacial score (nSPS) is 10.6. The third kappa shape index (κ3) is 2.60. The van der Waals surface area contributed by atoms with Gasteiger partial charge >= 0.3 is 0 Å². The number of thiazole rings is 1. The van der Waals surface area contributed by atoms with Crippen LogP contribution in [0.4, 0.5) is 10.1 Å². The van der Waals surface area contributed by atoms with Gasteiger partial charge in [-0.3, -0.25) is 0 Å². The van der Waals surface area contributed by atoms with Crippen molar-refractivity contribution in [2.45, 2.75) is 0 Å². The monoisotopic (exact) mass is 300 g/mol. The lowest BCUT2D eigenvalue weighted by atomic mass is 10.1. The molecule has 0 aliphatic rings. The zero-order valence-electron chi connectivity index (χ0n) is 11.3. The van der Waals surface area contributed by atoms with E-state index in [1.54, 1.807) is 12.1 Å². The second-order valence-electron chi connectivity index (χ2n) is 4.47. The topological polar surface area (TPSA) is 48.1 Å². The van der Waals surface area contributed by atoms with Crippen LogP contribution in [0.5, 0.6) is 5.75 Å². The van der Waals surface area contributed by atoms with Crippen LogP contribution in [-0.2, 0) is 0 Å². The minimum absolute atomic E-state index is 0.212. The molecule has 21 heavy (non-hydrogen) atoms. The molecule has 0 spiro atoms. The van der Waals surface area contributed by atoms with Crippen molar-refractivity contribution in [2.24, 2.45) is 0 Å².